The van der Waals surface area contributed by atoms with Crippen molar-refractivity contribution in [3.05, 3.63) is 35.9 Å². The predicted molar refractivity (Wildman–Crippen MR) is 123 cm³/mol. The van der Waals surface area contributed by atoms with Gasteiger partial charge >= 0.3 is 0 Å². The van der Waals surface area contributed by atoms with Crippen molar-refractivity contribution >= 4 is 11.9 Å². The number of unbranched alkanes of at least 4 members (excludes halogenated alkanes) is 4. The third-order valence-corrected chi connectivity index (χ3v) is 5.37. The Morgan fingerprint density at radius 2 is 1.17 bits per heavy atom. The molecule has 0 radical (unpaired) electrons. The Hall–Kier alpha value is -1.88. The van der Waals surface area contributed by atoms with E-state index in [1.807, 2.05) is 0 Å². The maximum absolute atomic E-state index is 11.1. The molecule has 30 heavy (non-hydrogen) atoms. The number of hydrogen-bond donors (Lipinski definition) is 1. The second kappa shape index (κ2) is 17.9. The lowest BCUT2D eigenvalue weighted by atomic mass is 10.1. The molecule has 1 rings (SSSR count). The SMILES string of the molecule is CCCC[N+](CCCC)(CCCC)CCCC.O=C([O-])CNC(=O)c1ccccc1. The first-order chi connectivity index (χ1) is 14.4. The monoisotopic (exact) mass is 420 g/mol. The highest BCUT2D eigenvalue weighted by atomic mass is 16.4. The molecule has 1 N–H and O–H groups in total. The summed E-state index contributed by atoms with van der Waals surface area (Å²) in [5.74, 6) is -1.71. The number of nitrogens with zero attached hydrogens (tertiary/aromatic N) is 1. The molecule has 1 aromatic carbocycles. The van der Waals surface area contributed by atoms with Crippen LogP contribution in [0.1, 0.15) is 89.4 Å². The zero-order valence-electron chi connectivity index (χ0n) is 19.8. The normalized spacial score (nSPS) is 10.8. The zero-order chi connectivity index (χ0) is 22.7. The highest BCUT2D eigenvalue weighted by Gasteiger charge is 2.24. The molecule has 0 heterocycles. The Labute approximate surface area is 184 Å². The van der Waals surface area contributed by atoms with Crippen molar-refractivity contribution in [3.63, 3.8) is 0 Å². The Kier molecular flexibility index (Phi) is 16.8. The highest BCUT2D eigenvalue weighted by Crippen LogP contribution is 2.16. The maximum Gasteiger partial charge on any atom is 0.251 e. The van der Waals surface area contributed by atoms with E-state index in [1.54, 1.807) is 30.3 Å². The third kappa shape index (κ3) is 13.4. The molecule has 0 aliphatic heterocycles. The van der Waals surface area contributed by atoms with Crippen molar-refractivity contribution in [1.82, 2.24) is 5.32 Å². The molecule has 5 heteroatoms. The smallest absolute Gasteiger partial charge is 0.251 e. The van der Waals surface area contributed by atoms with E-state index in [1.165, 1.54) is 82.0 Å². The van der Waals surface area contributed by atoms with Gasteiger partial charge in [0, 0.05) is 5.56 Å². The van der Waals surface area contributed by atoms with Crippen LogP contribution in [0.4, 0.5) is 0 Å². The number of quaternary nitrogens is 1. The second-order valence-electron chi connectivity index (χ2n) is 8.07. The van der Waals surface area contributed by atoms with Gasteiger partial charge in [0.1, 0.15) is 0 Å². The number of nitrogens with one attached hydrogen (secondary N) is 1. The van der Waals surface area contributed by atoms with Crippen LogP contribution in [-0.4, -0.2) is 49.1 Å². The summed E-state index contributed by atoms with van der Waals surface area (Å²) in [7, 11) is 0. The largest absolute Gasteiger partial charge is 0.548 e. The molecule has 0 unspecified atom stereocenters. The van der Waals surface area contributed by atoms with Crippen molar-refractivity contribution in [2.75, 3.05) is 32.7 Å². The van der Waals surface area contributed by atoms with Crippen LogP contribution in [0.2, 0.25) is 0 Å². The maximum atomic E-state index is 11.1. The molecule has 0 spiro atoms. The van der Waals surface area contributed by atoms with Crippen LogP contribution in [0, 0.1) is 0 Å². The number of hydrogen-bond acceptors (Lipinski definition) is 3. The molecule has 172 valence electrons. The minimum absolute atomic E-state index is 0.412. The molecular weight excluding hydrogens is 376 g/mol. The van der Waals surface area contributed by atoms with Gasteiger partial charge in [-0.25, -0.2) is 0 Å². The van der Waals surface area contributed by atoms with Gasteiger partial charge < -0.3 is 19.7 Å². The Morgan fingerprint density at radius 1 is 0.767 bits per heavy atom. The van der Waals surface area contributed by atoms with Crippen molar-refractivity contribution in [3.8, 4) is 0 Å². The van der Waals surface area contributed by atoms with Crippen LogP contribution in [0.3, 0.4) is 0 Å². The first kappa shape index (κ1) is 28.1. The lowest BCUT2D eigenvalue weighted by Crippen LogP contribution is -2.50. The zero-order valence-corrected chi connectivity index (χ0v) is 19.8. The Bertz CT molecular complexity index is 523. The standard InChI is InChI=1S/C16H36N.C9H9NO3/c1-5-9-13-17(14-10-6-2,15-11-7-3)16-12-8-4;11-8(12)6-10-9(13)7-4-2-1-3-5-7/h5-16H2,1-4H3;1-5H,6H2,(H,10,13)(H,11,12)/q+1;/p-1. The lowest BCUT2D eigenvalue weighted by Gasteiger charge is -2.39. The predicted octanol–water partition coefficient (Wildman–Crippen LogP) is 4.17. The Morgan fingerprint density at radius 3 is 1.50 bits per heavy atom. The second-order valence-corrected chi connectivity index (χ2v) is 8.07. The summed E-state index contributed by atoms with van der Waals surface area (Å²) in [4.78, 5) is 21.2. The van der Waals surface area contributed by atoms with Crippen molar-refractivity contribution in [2.45, 2.75) is 79.1 Å². The number of amides is 1. The van der Waals surface area contributed by atoms with Gasteiger partial charge in [-0.2, -0.15) is 0 Å². The first-order valence-electron chi connectivity index (χ1n) is 11.8. The van der Waals surface area contributed by atoms with Crippen LogP contribution in [0.5, 0.6) is 0 Å². The van der Waals surface area contributed by atoms with Crippen molar-refractivity contribution in [2.24, 2.45) is 0 Å². The van der Waals surface area contributed by atoms with Crippen LogP contribution in [0.15, 0.2) is 30.3 Å². The van der Waals surface area contributed by atoms with Gasteiger partial charge in [0.25, 0.3) is 5.91 Å². The summed E-state index contributed by atoms with van der Waals surface area (Å²) in [6.07, 6.45) is 11.1. The fraction of sp³-hybridized carbons (Fsp3) is 0.680. The van der Waals surface area contributed by atoms with E-state index in [2.05, 4.69) is 33.0 Å². The van der Waals surface area contributed by atoms with Gasteiger partial charge in [0.15, 0.2) is 0 Å². The van der Waals surface area contributed by atoms with E-state index in [0.717, 1.165) is 0 Å². The fourth-order valence-corrected chi connectivity index (χ4v) is 3.49. The molecule has 0 aliphatic rings. The third-order valence-electron chi connectivity index (χ3n) is 5.37. The van der Waals surface area contributed by atoms with Crippen LogP contribution in [0.25, 0.3) is 0 Å². The molecule has 1 aromatic rings. The van der Waals surface area contributed by atoms with Gasteiger partial charge in [-0.15, -0.1) is 0 Å². The van der Waals surface area contributed by atoms with E-state index in [9.17, 15) is 14.7 Å². The quantitative estimate of drug-likeness (QED) is 0.433. The van der Waals surface area contributed by atoms with Crippen LogP contribution < -0.4 is 10.4 Å². The molecule has 0 atom stereocenters. The molecule has 0 saturated carbocycles. The summed E-state index contributed by atoms with van der Waals surface area (Å²) in [5, 5.41) is 12.2. The number of carboxylic acids is 1. The molecule has 1 amide bonds. The highest BCUT2D eigenvalue weighted by molar-refractivity contribution is 5.95. The van der Waals surface area contributed by atoms with E-state index < -0.39 is 18.4 Å². The number of aliphatic carboxylic acids is 1. The van der Waals surface area contributed by atoms with Crippen molar-refractivity contribution < 1.29 is 19.2 Å². The number of carboxylic acid groups (broad SMARTS) is 1. The summed E-state index contributed by atoms with van der Waals surface area (Å²) in [5.41, 5.74) is 0.434. The summed E-state index contributed by atoms with van der Waals surface area (Å²) >= 11 is 0. The van der Waals surface area contributed by atoms with Gasteiger partial charge in [0.05, 0.1) is 38.7 Å². The van der Waals surface area contributed by atoms with Crippen molar-refractivity contribution in [1.29, 1.82) is 0 Å². The fourth-order valence-electron chi connectivity index (χ4n) is 3.49. The molecular formula is C25H44N2O3. The molecule has 0 bridgehead atoms. The van der Waals surface area contributed by atoms with Crippen LogP contribution in [-0.2, 0) is 4.79 Å². The topological polar surface area (TPSA) is 69.2 Å². The van der Waals surface area contributed by atoms with Gasteiger partial charge in [-0.3, -0.25) is 4.79 Å². The summed E-state index contributed by atoms with van der Waals surface area (Å²) in [6.45, 7) is 14.6. The van der Waals surface area contributed by atoms with Gasteiger partial charge in [0.2, 0.25) is 0 Å². The lowest BCUT2D eigenvalue weighted by molar-refractivity contribution is -0.929. The first-order valence-corrected chi connectivity index (χ1v) is 11.8. The number of carbonyl (C=O) groups is 2. The molecule has 0 fully saturated rings. The molecule has 0 aromatic heterocycles. The molecule has 5 nitrogen and oxygen atoms in total. The van der Waals surface area contributed by atoms with Gasteiger partial charge in [-0.05, 0) is 37.8 Å². The summed E-state index contributed by atoms with van der Waals surface area (Å²) in [6, 6.07) is 8.38. The Balaban J connectivity index is 0.000000579. The number of carbonyl (C=O) groups excluding carboxylic acids is 2. The number of rotatable bonds is 15. The van der Waals surface area contributed by atoms with E-state index in [0.29, 0.717) is 5.56 Å². The average Bonchev–Trinajstić information content (AvgIpc) is 2.77. The van der Waals surface area contributed by atoms with Gasteiger partial charge in [-0.1, -0.05) is 71.6 Å². The molecule has 0 aliphatic carbocycles. The minimum atomic E-state index is -1.30. The van der Waals surface area contributed by atoms with E-state index >= 15 is 0 Å². The number of benzene rings is 1. The average molecular weight is 421 g/mol. The molecule has 0 saturated heterocycles. The van der Waals surface area contributed by atoms with Crippen LogP contribution >= 0.6 is 0 Å². The van der Waals surface area contributed by atoms with E-state index in [4.69, 9.17) is 0 Å². The van der Waals surface area contributed by atoms with E-state index in [-0.39, 0.29) is 0 Å². The summed E-state index contributed by atoms with van der Waals surface area (Å²) < 4.78 is 1.42. The minimum Gasteiger partial charge on any atom is -0.548 e.